The molecule has 0 unspecified atom stereocenters. The van der Waals surface area contributed by atoms with Crippen LogP contribution in [0.5, 0.6) is 0 Å². The van der Waals surface area contributed by atoms with E-state index in [4.69, 9.17) is 5.73 Å². The summed E-state index contributed by atoms with van der Waals surface area (Å²) in [6.45, 7) is 2.11. The first-order valence-electron chi connectivity index (χ1n) is 4.26. The molecule has 0 aliphatic carbocycles. The number of hydrogen-bond donors (Lipinski definition) is 2. The molecule has 0 aromatic heterocycles. The van der Waals surface area contributed by atoms with Gasteiger partial charge < -0.3 is 11.1 Å². The maximum atomic E-state index is 12.9. The highest BCUT2D eigenvalue weighted by Crippen LogP contribution is 2.35. The number of nitrogens with two attached hydrogens (primary N) is 1. The average Bonchev–Trinajstić information content (AvgIpc) is 2.07. The van der Waals surface area contributed by atoms with Crippen LogP contribution in [0.2, 0.25) is 0 Å². The van der Waals surface area contributed by atoms with Crippen LogP contribution >= 0.6 is 0 Å². The van der Waals surface area contributed by atoms with Gasteiger partial charge in [-0.15, -0.1) is 0 Å². The molecule has 0 fully saturated rings. The summed E-state index contributed by atoms with van der Waals surface area (Å²) in [5.41, 5.74) is 4.09. The third kappa shape index (κ3) is 2.51. The molecule has 0 saturated carbocycles. The Morgan fingerprint density at radius 3 is 2.40 bits per heavy atom. The SMILES string of the molecule is CCNc1cc(C(F)(F)F)c(F)cc1N. The van der Waals surface area contributed by atoms with Crippen LogP contribution < -0.4 is 11.1 Å². The highest BCUT2D eigenvalue weighted by molar-refractivity contribution is 5.67. The van der Waals surface area contributed by atoms with Crippen LogP contribution in [-0.4, -0.2) is 6.54 Å². The topological polar surface area (TPSA) is 38.0 Å². The maximum absolute atomic E-state index is 12.9. The number of halogens is 4. The van der Waals surface area contributed by atoms with E-state index in [-0.39, 0.29) is 11.4 Å². The average molecular weight is 222 g/mol. The molecule has 0 aliphatic heterocycles. The summed E-state index contributed by atoms with van der Waals surface area (Å²) in [6, 6.07) is 1.34. The molecule has 3 N–H and O–H groups in total. The Bertz CT molecular complexity index is 360. The maximum Gasteiger partial charge on any atom is 0.419 e. The first kappa shape index (κ1) is 11.6. The van der Waals surface area contributed by atoms with E-state index in [1.807, 2.05) is 0 Å². The van der Waals surface area contributed by atoms with Gasteiger partial charge in [-0.2, -0.15) is 13.2 Å². The fourth-order valence-corrected chi connectivity index (χ4v) is 1.15. The van der Waals surface area contributed by atoms with E-state index in [1.54, 1.807) is 6.92 Å². The summed E-state index contributed by atoms with van der Waals surface area (Å²) in [6.07, 6.45) is -4.71. The van der Waals surface area contributed by atoms with E-state index < -0.39 is 17.6 Å². The number of nitrogen functional groups attached to an aromatic ring is 1. The van der Waals surface area contributed by atoms with E-state index >= 15 is 0 Å². The Balaban J connectivity index is 3.23. The molecule has 0 bridgehead atoms. The molecular formula is C9H10F4N2. The smallest absolute Gasteiger partial charge is 0.397 e. The van der Waals surface area contributed by atoms with Crippen molar-refractivity contribution in [2.75, 3.05) is 17.6 Å². The molecule has 0 aliphatic rings. The molecule has 0 saturated heterocycles. The van der Waals surface area contributed by atoms with Crippen LogP contribution in [0.25, 0.3) is 0 Å². The predicted molar refractivity (Wildman–Crippen MR) is 50.0 cm³/mol. The van der Waals surface area contributed by atoms with Crippen molar-refractivity contribution >= 4 is 11.4 Å². The zero-order valence-electron chi connectivity index (χ0n) is 7.95. The molecule has 0 radical (unpaired) electrons. The van der Waals surface area contributed by atoms with Gasteiger partial charge in [0.05, 0.1) is 16.9 Å². The van der Waals surface area contributed by atoms with Crippen molar-refractivity contribution in [2.24, 2.45) is 0 Å². The van der Waals surface area contributed by atoms with Crippen molar-refractivity contribution in [2.45, 2.75) is 13.1 Å². The van der Waals surface area contributed by atoms with E-state index in [9.17, 15) is 17.6 Å². The standard InChI is InChI=1S/C9H10F4N2/c1-2-15-8-3-5(9(11,12)13)6(10)4-7(8)14/h3-4,15H,2,14H2,1H3. The first-order valence-corrected chi connectivity index (χ1v) is 4.26. The number of hydrogen-bond acceptors (Lipinski definition) is 2. The van der Waals surface area contributed by atoms with Crippen molar-refractivity contribution in [3.05, 3.63) is 23.5 Å². The van der Waals surface area contributed by atoms with Gasteiger partial charge in [0.2, 0.25) is 0 Å². The number of benzene rings is 1. The predicted octanol–water partition coefficient (Wildman–Crippen LogP) is 2.86. The number of anilines is 2. The highest BCUT2D eigenvalue weighted by Gasteiger charge is 2.34. The van der Waals surface area contributed by atoms with E-state index in [0.717, 1.165) is 0 Å². The summed E-state index contributed by atoms with van der Waals surface area (Å²) < 4.78 is 49.8. The van der Waals surface area contributed by atoms with Gasteiger partial charge in [-0.3, -0.25) is 0 Å². The van der Waals surface area contributed by atoms with Crippen molar-refractivity contribution in [3.63, 3.8) is 0 Å². The van der Waals surface area contributed by atoms with Crippen molar-refractivity contribution in [3.8, 4) is 0 Å². The summed E-state index contributed by atoms with van der Waals surface area (Å²) >= 11 is 0. The van der Waals surface area contributed by atoms with E-state index in [2.05, 4.69) is 5.32 Å². The third-order valence-corrected chi connectivity index (χ3v) is 1.81. The lowest BCUT2D eigenvalue weighted by Crippen LogP contribution is -2.11. The quantitative estimate of drug-likeness (QED) is 0.596. The molecule has 6 heteroatoms. The summed E-state index contributed by atoms with van der Waals surface area (Å²) in [7, 11) is 0. The third-order valence-electron chi connectivity index (χ3n) is 1.81. The fourth-order valence-electron chi connectivity index (χ4n) is 1.15. The summed E-state index contributed by atoms with van der Waals surface area (Å²) in [5.74, 6) is -1.36. The van der Waals surface area contributed by atoms with E-state index in [0.29, 0.717) is 18.7 Å². The van der Waals surface area contributed by atoms with Crippen LogP contribution in [0, 0.1) is 5.82 Å². The normalized spacial score (nSPS) is 11.5. The van der Waals surface area contributed by atoms with Crippen molar-refractivity contribution in [1.29, 1.82) is 0 Å². The minimum atomic E-state index is -4.71. The van der Waals surface area contributed by atoms with Crippen LogP contribution in [0.4, 0.5) is 28.9 Å². The van der Waals surface area contributed by atoms with Crippen LogP contribution in [0.15, 0.2) is 12.1 Å². The Labute approximate surface area is 84.1 Å². The van der Waals surface area contributed by atoms with Gasteiger partial charge in [0, 0.05) is 6.54 Å². The minimum absolute atomic E-state index is 0.0395. The van der Waals surface area contributed by atoms with Crippen molar-refractivity contribution in [1.82, 2.24) is 0 Å². The highest BCUT2D eigenvalue weighted by atomic mass is 19.4. The Kier molecular flexibility index (Phi) is 3.06. The monoisotopic (exact) mass is 222 g/mol. The van der Waals surface area contributed by atoms with Crippen molar-refractivity contribution < 1.29 is 17.6 Å². The van der Waals surface area contributed by atoms with Gasteiger partial charge in [-0.1, -0.05) is 0 Å². The van der Waals surface area contributed by atoms with E-state index in [1.165, 1.54) is 0 Å². The molecule has 1 rings (SSSR count). The molecule has 0 amide bonds. The van der Waals surface area contributed by atoms with Gasteiger partial charge in [0.1, 0.15) is 5.82 Å². The van der Waals surface area contributed by atoms with Gasteiger partial charge in [-0.05, 0) is 19.1 Å². The molecule has 15 heavy (non-hydrogen) atoms. The molecule has 0 atom stereocenters. The van der Waals surface area contributed by atoms with Crippen LogP contribution in [0.1, 0.15) is 12.5 Å². The summed E-state index contributed by atoms with van der Waals surface area (Å²) in [5, 5.41) is 2.62. The van der Waals surface area contributed by atoms with Gasteiger partial charge in [-0.25, -0.2) is 4.39 Å². The fraction of sp³-hybridized carbons (Fsp3) is 0.333. The number of nitrogens with one attached hydrogen (secondary N) is 1. The van der Waals surface area contributed by atoms with Crippen LogP contribution in [-0.2, 0) is 6.18 Å². The van der Waals surface area contributed by atoms with Crippen LogP contribution in [0.3, 0.4) is 0 Å². The lowest BCUT2D eigenvalue weighted by Gasteiger charge is -2.13. The second-order valence-corrected chi connectivity index (χ2v) is 2.95. The lowest BCUT2D eigenvalue weighted by atomic mass is 10.1. The molecule has 1 aromatic rings. The molecule has 2 nitrogen and oxygen atoms in total. The lowest BCUT2D eigenvalue weighted by molar-refractivity contribution is -0.139. The minimum Gasteiger partial charge on any atom is -0.397 e. The first-order chi connectivity index (χ1) is 6.86. The van der Waals surface area contributed by atoms with Gasteiger partial charge in [0.25, 0.3) is 0 Å². The van der Waals surface area contributed by atoms with Gasteiger partial charge in [0.15, 0.2) is 0 Å². The molecular weight excluding hydrogens is 212 g/mol. The molecule has 0 heterocycles. The second kappa shape index (κ2) is 3.96. The summed E-state index contributed by atoms with van der Waals surface area (Å²) in [4.78, 5) is 0. The molecule has 84 valence electrons. The Morgan fingerprint density at radius 1 is 1.33 bits per heavy atom. The second-order valence-electron chi connectivity index (χ2n) is 2.95. The van der Waals surface area contributed by atoms with Gasteiger partial charge >= 0.3 is 6.18 Å². The Morgan fingerprint density at radius 2 is 1.93 bits per heavy atom. The Hall–Kier alpha value is -1.46. The molecule has 1 aromatic carbocycles. The zero-order chi connectivity index (χ0) is 11.6. The largest absolute Gasteiger partial charge is 0.419 e. The zero-order valence-corrected chi connectivity index (χ0v) is 7.95. The molecule has 0 spiro atoms. The number of alkyl halides is 3. The number of rotatable bonds is 2.